The highest BCUT2D eigenvalue weighted by molar-refractivity contribution is 7.99. The molecule has 0 amide bonds. The number of hydrogen-bond acceptors (Lipinski definition) is 6. The van der Waals surface area contributed by atoms with Crippen LogP contribution in [0.4, 0.5) is 0 Å². The Hall–Kier alpha value is -1.22. The molecule has 2 heterocycles. The van der Waals surface area contributed by atoms with Crippen molar-refractivity contribution in [3.63, 3.8) is 0 Å². The lowest BCUT2D eigenvalue weighted by atomic mass is 10.1. The maximum Gasteiger partial charge on any atom is 0.0681 e. The van der Waals surface area contributed by atoms with Crippen LogP contribution in [0.2, 0.25) is 0 Å². The first-order valence-electron chi connectivity index (χ1n) is 9.83. The molecule has 0 aliphatic carbocycles. The molecule has 1 unspecified atom stereocenters. The van der Waals surface area contributed by atoms with E-state index in [-0.39, 0.29) is 13.2 Å². The van der Waals surface area contributed by atoms with Crippen molar-refractivity contribution in [3.8, 4) is 0 Å². The van der Waals surface area contributed by atoms with Gasteiger partial charge in [0, 0.05) is 47.5 Å². The molecule has 158 valence electrons. The van der Waals surface area contributed by atoms with Crippen LogP contribution < -0.4 is 0 Å². The van der Waals surface area contributed by atoms with Gasteiger partial charge in [0.2, 0.25) is 0 Å². The zero-order valence-electron chi connectivity index (χ0n) is 17.1. The van der Waals surface area contributed by atoms with E-state index in [4.69, 9.17) is 10.2 Å². The van der Waals surface area contributed by atoms with Crippen LogP contribution in [0, 0.1) is 0 Å². The van der Waals surface area contributed by atoms with E-state index in [0.29, 0.717) is 5.75 Å². The van der Waals surface area contributed by atoms with Gasteiger partial charge in [0.05, 0.1) is 24.0 Å². The molecule has 2 aromatic carbocycles. The van der Waals surface area contributed by atoms with Gasteiger partial charge in [-0.25, -0.2) is 0 Å². The lowest BCUT2D eigenvalue weighted by Gasteiger charge is -2.13. The number of benzene rings is 2. The molecule has 29 heavy (non-hydrogen) atoms. The molecular formula is C22H30N2O3S2. The molecule has 0 radical (unpaired) electrons. The minimum absolute atomic E-state index is 0.0453. The molecule has 0 bridgehead atoms. The van der Waals surface area contributed by atoms with Crippen LogP contribution in [0.15, 0.2) is 46.2 Å². The Morgan fingerprint density at radius 2 is 1.55 bits per heavy atom. The largest absolute Gasteiger partial charge is 0.392 e. The van der Waals surface area contributed by atoms with Crippen LogP contribution in [0.5, 0.6) is 0 Å². The van der Waals surface area contributed by atoms with Gasteiger partial charge in [-0.3, -0.25) is 4.21 Å². The molecule has 0 saturated heterocycles. The van der Waals surface area contributed by atoms with E-state index in [9.17, 15) is 4.21 Å². The number of hydrogen-bond donors (Lipinski definition) is 2. The number of fused-ring (bicyclic) bond motifs is 2. The number of nitrogens with zero attached hydrogens (tertiary/aromatic N) is 2. The Balaban J connectivity index is 0.000000166. The second-order valence-corrected chi connectivity index (χ2v) is 10.2. The first kappa shape index (κ1) is 22.5. The van der Waals surface area contributed by atoms with Crippen molar-refractivity contribution in [1.82, 2.24) is 9.80 Å². The Labute approximate surface area is 180 Å². The second kappa shape index (κ2) is 10.7. The standard InChI is InChI=1S/C11H15NO2S.C11H15NOS/c1-12-4-5-15(14)11-3-2-9(8-13)6-10(11)7-12;1-12-4-5-14-11-3-2-9(8-13)6-10(11)7-12/h2-3,6,13H,4-5,7-8H2,1H3;2-3,6,13H,4-5,7-8H2,1H3. The van der Waals surface area contributed by atoms with Crippen molar-refractivity contribution >= 4 is 22.6 Å². The summed E-state index contributed by atoms with van der Waals surface area (Å²) in [6.45, 7) is 3.99. The number of rotatable bonds is 2. The van der Waals surface area contributed by atoms with E-state index in [1.54, 1.807) is 0 Å². The molecule has 0 saturated carbocycles. The summed E-state index contributed by atoms with van der Waals surface area (Å²) >= 11 is 1.91. The van der Waals surface area contributed by atoms with E-state index in [0.717, 1.165) is 53.5 Å². The molecular weight excluding hydrogens is 404 g/mol. The summed E-state index contributed by atoms with van der Waals surface area (Å²) in [7, 11) is 3.28. The van der Waals surface area contributed by atoms with Gasteiger partial charge in [-0.15, -0.1) is 11.8 Å². The summed E-state index contributed by atoms with van der Waals surface area (Å²) in [6, 6.07) is 11.9. The summed E-state index contributed by atoms with van der Waals surface area (Å²) in [6.07, 6.45) is 0. The summed E-state index contributed by atoms with van der Waals surface area (Å²) in [5, 5.41) is 18.1. The first-order chi connectivity index (χ1) is 14.0. The Morgan fingerprint density at radius 3 is 2.28 bits per heavy atom. The predicted octanol–water partition coefficient (Wildman–Crippen LogP) is 2.45. The van der Waals surface area contributed by atoms with Gasteiger partial charge in [-0.2, -0.15) is 0 Å². The molecule has 2 aromatic rings. The first-order valence-corrected chi connectivity index (χ1v) is 12.1. The topological polar surface area (TPSA) is 64.0 Å². The highest BCUT2D eigenvalue weighted by atomic mass is 32.2. The quantitative estimate of drug-likeness (QED) is 0.757. The van der Waals surface area contributed by atoms with Gasteiger partial charge in [0.25, 0.3) is 0 Å². The van der Waals surface area contributed by atoms with Crippen LogP contribution in [0.3, 0.4) is 0 Å². The lowest BCUT2D eigenvalue weighted by molar-refractivity contribution is 0.281. The minimum Gasteiger partial charge on any atom is -0.392 e. The van der Waals surface area contributed by atoms with Gasteiger partial charge in [-0.05, 0) is 48.5 Å². The third kappa shape index (κ3) is 6.13. The fraction of sp³-hybridized carbons (Fsp3) is 0.455. The highest BCUT2D eigenvalue weighted by Crippen LogP contribution is 2.27. The Bertz CT molecular complexity index is 860. The third-order valence-electron chi connectivity index (χ3n) is 5.13. The molecule has 0 aromatic heterocycles. The number of aliphatic hydroxyl groups excluding tert-OH is 2. The fourth-order valence-electron chi connectivity index (χ4n) is 3.47. The maximum atomic E-state index is 11.9. The van der Waals surface area contributed by atoms with Crippen LogP contribution in [-0.2, 0) is 37.1 Å². The van der Waals surface area contributed by atoms with Gasteiger partial charge < -0.3 is 20.0 Å². The molecule has 7 heteroatoms. The third-order valence-corrected chi connectivity index (χ3v) is 7.67. The normalized spacial score (nSPS) is 19.9. The Kier molecular flexibility index (Phi) is 8.29. The second-order valence-electron chi connectivity index (χ2n) is 7.57. The Morgan fingerprint density at radius 1 is 0.931 bits per heavy atom. The molecule has 4 rings (SSSR count). The highest BCUT2D eigenvalue weighted by Gasteiger charge is 2.17. The zero-order chi connectivity index (χ0) is 20.8. The van der Waals surface area contributed by atoms with E-state index in [1.807, 2.05) is 43.1 Å². The molecule has 2 aliphatic rings. The summed E-state index contributed by atoms with van der Waals surface area (Å²) in [4.78, 5) is 6.77. The SMILES string of the molecule is CN1CCS(=O)c2ccc(CO)cc2C1.CN1CCSc2ccc(CO)cc2C1. The summed E-state index contributed by atoms with van der Waals surface area (Å²) in [5.74, 6) is 1.85. The van der Waals surface area contributed by atoms with Crippen molar-refractivity contribution < 1.29 is 14.4 Å². The van der Waals surface area contributed by atoms with Gasteiger partial charge in [-0.1, -0.05) is 24.3 Å². The maximum absolute atomic E-state index is 11.9. The van der Waals surface area contributed by atoms with Gasteiger partial charge >= 0.3 is 0 Å². The zero-order valence-corrected chi connectivity index (χ0v) is 18.8. The van der Waals surface area contributed by atoms with Crippen molar-refractivity contribution in [2.24, 2.45) is 0 Å². The molecule has 2 aliphatic heterocycles. The van der Waals surface area contributed by atoms with Crippen molar-refractivity contribution in [2.45, 2.75) is 36.1 Å². The number of thioether (sulfide) groups is 1. The van der Waals surface area contributed by atoms with Gasteiger partial charge in [0.15, 0.2) is 0 Å². The van der Waals surface area contributed by atoms with Crippen molar-refractivity contribution in [3.05, 3.63) is 58.7 Å². The monoisotopic (exact) mass is 434 g/mol. The van der Waals surface area contributed by atoms with Crippen molar-refractivity contribution in [2.75, 3.05) is 38.7 Å². The van der Waals surface area contributed by atoms with E-state index in [2.05, 4.69) is 29.0 Å². The lowest BCUT2D eigenvalue weighted by Crippen LogP contribution is -2.19. The molecule has 2 N–H and O–H groups in total. The van der Waals surface area contributed by atoms with Crippen molar-refractivity contribution in [1.29, 1.82) is 0 Å². The fourth-order valence-corrected chi connectivity index (χ4v) is 5.90. The molecule has 0 fully saturated rings. The minimum atomic E-state index is -0.887. The predicted molar refractivity (Wildman–Crippen MR) is 119 cm³/mol. The average molecular weight is 435 g/mol. The van der Waals surface area contributed by atoms with Crippen LogP contribution >= 0.6 is 11.8 Å². The van der Waals surface area contributed by atoms with E-state index < -0.39 is 10.8 Å². The molecule has 0 spiro atoms. The van der Waals surface area contributed by atoms with E-state index >= 15 is 0 Å². The number of aliphatic hydroxyl groups is 2. The van der Waals surface area contributed by atoms with Gasteiger partial charge in [0.1, 0.15) is 0 Å². The smallest absolute Gasteiger partial charge is 0.0681 e. The average Bonchev–Trinajstić information content (AvgIpc) is 3.00. The summed E-state index contributed by atoms with van der Waals surface area (Å²) in [5.41, 5.74) is 4.34. The summed E-state index contributed by atoms with van der Waals surface area (Å²) < 4.78 is 11.9. The molecule has 1 atom stereocenters. The van der Waals surface area contributed by atoms with Crippen LogP contribution in [0.1, 0.15) is 22.3 Å². The molecule has 5 nitrogen and oxygen atoms in total. The van der Waals surface area contributed by atoms with E-state index in [1.165, 1.54) is 10.5 Å². The van der Waals surface area contributed by atoms with Crippen LogP contribution in [0.25, 0.3) is 0 Å². The van der Waals surface area contributed by atoms with Crippen LogP contribution in [-0.4, -0.2) is 62.9 Å².